The highest BCUT2D eigenvalue weighted by atomic mass is 16.5. The molecule has 0 saturated carbocycles. The molecule has 2 aromatic heterocycles. The molecule has 0 radical (unpaired) electrons. The lowest BCUT2D eigenvalue weighted by Gasteiger charge is -2.10. The summed E-state index contributed by atoms with van der Waals surface area (Å²) in [7, 11) is 0. The lowest BCUT2D eigenvalue weighted by atomic mass is 10.1. The maximum Gasteiger partial charge on any atom is 0.222 e. The molecule has 0 spiro atoms. The molecule has 19 heavy (non-hydrogen) atoms. The topological polar surface area (TPSA) is 59.9 Å². The summed E-state index contributed by atoms with van der Waals surface area (Å²) in [5.74, 6) is 0.647. The Bertz CT molecular complexity index is 509. The van der Waals surface area contributed by atoms with Crippen molar-refractivity contribution in [3.8, 4) is 11.1 Å². The Morgan fingerprint density at radius 2 is 1.95 bits per heavy atom. The second-order valence-electron chi connectivity index (χ2n) is 4.55. The van der Waals surface area contributed by atoms with Crippen LogP contribution in [0.1, 0.15) is 12.8 Å². The first-order valence-corrected chi connectivity index (χ1v) is 6.50. The van der Waals surface area contributed by atoms with Crippen LogP contribution in [0.3, 0.4) is 0 Å². The van der Waals surface area contributed by atoms with Crippen molar-refractivity contribution in [3.05, 3.63) is 36.9 Å². The first-order chi connectivity index (χ1) is 9.42. The molecule has 0 amide bonds. The molecule has 0 aliphatic carbocycles. The Kier molecular flexibility index (Phi) is 3.65. The minimum Gasteiger partial charge on any atom is -0.376 e. The first kappa shape index (κ1) is 12.0. The summed E-state index contributed by atoms with van der Waals surface area (Å²) in [5, 5.41) is 3.21. The SMILES string of the molecule is c1cc(-c2cnc(NCC3CCCO3)nc2)ccn1. The van der Waals surface area contributed by atoms with Gasteiger partial charge in [0.05, 0.1) is 6.10 Å². The monoisotopic (exact) mass is 256 g/mol. The molecule has 1 unspecified atom stereocenters. The maximum absolute atomic E-state index is 5.54. The van der Waals surface area contributed by atoms with E-state index in [0.29, 0.717) is 12.1 Å². The number of nitrogens with one attached hydrogen (secondary N) is 1. The van der Waals surface area contributed by atoms with Crippen molar-refractivity contribution in [2.45, 2.75) is 18.9 Å². The van der Waals surface area contributed by atoms with Crippen LogP contribution in [-0.4, -0.2) is 34.2 Å². The van der Waals surface area contributed by atoms with Gasteiger partial charge in [0, 0.05) is 43.5 Å². The van der Waals surface area contributed by atoms with Crippen LogP contribution in [0.15, 0.2) is 36.9 Å². The number of aromatic nitrogens is 3. The van der Waals surface area contributed by atoms with E-state index in [0.717, 1.165) is 37.1 Å². The van der Waals surface area contributed by atoms with Gasteiger partial charge < -0.3 is 10.1 Å². The van der Waals surface area contributed by atoms with Gasteiger partial charge in [0.2, 0.25) is 5.95 Å². The molecule has 5 nitrogen and oxygen atoms in total. The molecule has 0 aromatic carbocycles. The number of rotatable bonds is 4. The Labute approximate surface area is 112 Å². The van der Waals surface area contributed by atoms with Crippen LogP contribution in [0.4, 0.5) is 5.95 Å². The van der Waals surface area contributed by atoms with Crippen LogP contribution in [0, 0.1) is 0 Å². The summed E-state index contributed by atoms with van der Waals surface area (Å²) >= 11 is 0. The highest BCUT2D eigenvalue weighted by Gasteiger charge is 2.15. The summed E-state index contributed by atoms with van der Waals surface area (Å²) in [6.45, 7) is 1.64. The Balaban J connectivity index is 1.62. The Morgan fingerprint density at radius 3 is 2.63 bits per heavy atom. The Hall–Kier alpha value is -2.01. The third kappa shape index (κ3) is 3.06. The molecule has 1 aliphatic rings. The van der Waals surface area contributed by atoms with Crippen molar-refractivity contribution in [1.29, 1.82) is 0 Å². The number of pyridine rings is 1. The lowest BCUT2D eigenvalue weighted by molar-refractivity contribution is 0.120. The molecular formula is C14H16N4O. The van der Waals surface area contributed by atoms with Crippen molar-refractivity contribution in [2.24, 2.45) is 0 Å². The van der Waals surface area contributed by atoms with E-state index in [1.165, 1.54) is 0 Å². The van der Waals surface area contributed by atoms with Crippen molar-refractivity contribution in [3.63, 3.8) is 0 Å². The van der Waals surface area contributed by atoms with E-state index in [1.54, 1.807) is 12.4 Å². The fourth-order valence-electron chi connectivity index (χ4n) is 2.12. The summed E-state index contributed by atoms with van der Waals surface area (Å²) < 4.78 is 5.54. The molecule has 1 fully saturated rings. The van der Waals surface area contributed by atoms with Crippen LogP contribution in [-0.2, 0) is 4.74 Å². The second-order valence-corrected chi connectivity index (χ2v) is 4.55. The van der Waals surface area contributed by atoms with Crippen LogP contribution < -0.4 is 5.32 Å². The van der Waals surface area contributed by atoms with Crippen molar-refractivity contribution in [2.75, 3.05) is 18.5 Å². The maximum atomic E-state index is 5.54. The van der Waals surface area contributed by atoms with E-state index >= 15 is 0 Å². The molecule has 0 bridgehead atoms. The lowest BCUT2D eigenvalue weighted by Crippen LogP contribution is -2.19. The third-order valence-electron chi connectivity index (χ3n) is 3.18. The average Bonchev–Trinajstić information content (AvgIpc) is 3.00. The van der Waals surface area contributed by atoms with Gasteiger partial charge in [-0.25, -0.2) is 9.97 Å². The predicted molar refractivity (Wildman–Crippen MR) is 72.7 cm³/mol. The number of nitrogens with zero attached hydrogens (tertiary/aromatic N) is 3. The highest BCUT2D eigenvalue weighted by Crippen LogP contribution is 2.17. The smallest absolute Gasteiger partial charge is 0.222 e. The summed E-state index contributed by atoms with van der Waals surface area (Å²) in [6.07, 6.45) is 9.72. The van der Waals surface area contributed by atoms with Gasteiger partial charge in [-0.3, -0.25) is 4.98 Å². The minimum atomic E-state index is 0.295. The molecular weight excluding hydrogens is 240 g/mol. The van der Waals surface area contributed by atoms with Gasteiger partial charge in [-0.1, -0.05) is 0 Å². The van der Waals surface area contributed by atoms with E-state index in [2.05, 4.69) is 20.3 Å². The zero-order valence-electron chi connectivity index (χ0n) is 10.6. The summed E-state index contributed by atoms with van der Waals surface area (Å²) in [4.78, 5) is 12.6. The normalized spacial score (nSPS) is 18.4. The van der Waals surface area contributed by atoms with Gasteiger partial charge in [0.1, 0.15) is 0 Å². The molecule has 1 atom stereocenters. The quantitative estimate of drug-likeness (QED) is 0.908. The van der Waals surface area contributed by atoms with E-state index < -0.39 is 0 Å². The standard InChI is InChI=1S/C14H16N4O/c1-2-13(19-7-1)10-18-14-16-8-12(9-17-14)11-3-5-15-6-4-11/h3-6,8-9,13H,1-2,7,10H2,(H,16,17,18). The van der Waals surface area contributed by atoms with Gasteiger partial charge in [-0.05, 0) is 30.5 Å². The van der Waals surface area contributed by atoms with Crippen LogP contribution in [0.2, 0.25) is 0 Å². The minimum absolute atomic E-state index is 0.295. The van der Waals surface area contributed by atoms with E-state index in [4.69, 9.17) is 4.74 Å². The van der Waals surface area contributed by atoms with Gasteiger partial charge >= 0.3 is 0 Å². The fourth-order valence-corrected chi connectivity index (χ4v) is 2.12. The van der Waals surface area contributed by atoms with Crippen LogP contribution in [0.5, 0.6) is 0 Å². The zero-order chi connectivity index (χ0) is 12.9. The van der Waals surface area contributed by atoms with Gasteiger partial charge in [0.25, 0.3) is 0 Å². The van der Waals surface area contributed by atoms with E-state index in [9.17, 15) is 0 Å². The van der Waals surface area contributed by atoms with Crippen LogP contribution in [0.25, 0.3) is 11.1 Å². The first-order valence-electron chi connectivity index (χ1n) is 6.50. The Morgan fingerprint density at radius 1 is 1.16 bits per heavy atom. The average molecular weight is 256 g/mol. The van der Waals surface area contributed by atoms with E-state index in [1.807, 2.05) is 24.5 Å². The van der Waals surface area contributed by atoms with Gasteiger partial charge in [-0.2, -0.15) is 0 Å². The molecule has 1 saturated heterocycles. The molecule has 2 aromatic rings. The van der Waals surface area contributed by atoms with E-state index in [-0.39, 0.29) is 0 Å². The molecule has 1 aliphatic heterocycles. The fraction of sp³-hybridized carbons (Fsp3) is 0.357. The molecule has 5 heteroatoms. The molecule has 1 N–H and O–H groups in total. The zero-order valence-corrected chi connectivity index (χ0v) is 10.6. The largest absolute Gasteiger partial charge is 0.376 e. The van der Waals surface area contributed by atoms with Crippen molar-refractivity contribution < 1.29 is 4.74 Å². The van der Waals surface area contributed by atoms with Crippen molar-refractivity contribution >= 4 is 5.95 Å². The molecule has 3 rings (SSSR count). The number of hydrogen-bond acceptors (Lipinski definition) is 5. The number of ether oxygens (including phenoxy) is 1. The number of anilines is 1. The molecule has 98 valence electrons. The summed E-state index contributed by atoms with van der Waals surface area (Å²) in [6, 6.07) is 3.89. The number of hydrogen-bond donors (Lipinski definition) is 1. The third-order valence-corrected chi connectivity index (χ3v) is 3.18. The molecule has 3 heterocycles. The highest BCUT2D eigenvalue weighted by molar-refractivity contribution is 5.61. The predicted octanol–water partition coefficient (Wildman–Crippen LogP) is 2.13. The van der Waals surface area contributed by atoms with Crippen LogP contribution >= 0.6 is 0 Å². The van der Waals surface area contributed by atoms with Gasteiger partial charge in [-0.15, -0.1) is 0 Å². The summed E-state index contributed by atoms with van der Waals surface area (Å²) in [5.41, 5.74) is 2.06. The van der Waals surface area contributed by atoms with Gasteiger partial charge in [0.15, 0.2) is 0 Å². The second kappa shape index (κ2) is 5.75. The van der Waals surface area contributed by atoms with Crippen molar-refractivity contribution in [1.82, 2.24) is 15.0 Å².